The average molecular weight is 374 g/mol. The summed E-state index contributed by atoms with van der Waals surface area (Å²) in [5, 5.41) is 5.76. The highest BCUT2D eigenvalue weighted by atomic mass is 35.5. The van der Waals surface area contributed by atoms with Gasteiger partial charge in [0.05, 0.1) is 23.9 Å². The Hall–Kier alpha value is -2.44. The first-order chi connectivity index (χ1) is 12.2. The van der Waals surface area contributed by atoms with Crippen molar-refractivity contribution in [1.82, 2.24) is 15.3 Å². The molecule has 0 saturated heterocycles. The van der Waals surface area contributed by atoms with Gasteiger partial charge in [-0.3, -0.25) is 9.78 Å². The minimum absolute atomic E-state index is 0.241. The van der Waals surface area contributed by atoms with E-state index in [1.54, 1.807) is 17.6 Å². The SMILES string of the molecule is CCOc1ccc(-c2nc(C(=O)NCc3ccccn3)cs2)c(Cl)c1. The Bertz CT molecular complexity index is 868. The van der Waals surface area contributed by atoms with Gasteiger partial charge >= 0.3 is 0 Å². The average Bonchev–Trinajstić information content (AvgIpc) is 3.11. The van der Waals surface area contributed by atoms with Crippen molar-refractivity contribution in [2.45, 2.75) is 13.5 Å². The van der Waals surface area contributed by atoms with E-state index in [2.05, 4.69) is 15.3 Å². The summed E-state index contributed by atoms with van der Waals surface area (Å²) in [7, 11) is 0. The van der Waals surface area contributed by atoms with Gasteiger partial charge in [0.15, 0.2) is 0 Å². The largest absolute Gasteiger partial charge is 0.494 e. The first kappa shape index (κ1) is 17.4. The van der Waals surface area contributed by atoms with Crippen LogP contribution < -0.4 is 10.1 Å². The fourth-order valence-electron chi connectivity index (χ4n) is 2.19. The molecule has 3 aromatic rings. The zero-order valence-electron chi connectivity index (χ0n) is 13.5. The van der Waals surface area contributed by atoms with Crippen molar-refractivity contribution in [2.75, 3.05) is 6.61 Å². The summed E-state index contributed by atoms with van der Waals surface area (Å²) >= 11 is 7.68. The third-order valence-electron chi connectivity index (χ3n) is 3.37. The van der Waals surface area contributed by atoms with E-state index in [0.717, 1.165) is 11.3 Å². The van der Waals surface area contributed by atoms with Crippen molar-refractivity contribution >= 4 is 28.8 Å². The fourth-order valence-corrected chi connectivity index (χ4v) is 3.35. The lowest BCUT2D eigenvalue weighted by Gasteiger charge is -2.06. The number of pyridine rings is 1. The van der Waals surface area contributed by atoms with Gasteiger partial charge in [-0.05, 0) is 37.3 Å². The van der Waals surface area contributed by atoms with E-state index in [1.165, 1.54) is 11.3 Å². The molecule has 1 amide bonds. The summed E-state index contributed by atoms with van der Waals surface area (Å²) in [5.74, 6) is 0.469. The maximum atomic E-state index is 12.2. The number of aromatic nitrogens is 2. The molecule has 2 heterocycles. The summed E-state index contributed by atoms with van der Waals surface area (Å²) in [4.78, 5) is 20.8. The molecule has 0 unspecified atom stereocenters. The van der Waals surface area contributed by atoms with Gasteiger partial charge in [-0.2, -0.15) is 0 Å². The Morgan fingerprint density at radius 2 is 2.20 bits per heavy atom. The quantitative estimate of drug-likeness (QED) is 0.703. The molecular formula is C18H16ClN3O2S. The number of carbonyl (C=O) groups excluding carboxylic acids is 1. The van der Waals surface area contributed by atoms with E-state index in [4.69, 9.17) is 16.3 Å². The Balaban J connectivity index is 1.70. The molecule has 0 bridgehead atoms. The molecule has 0 aliphatic rings. The number of halogens is 1. The number of ether oxygens (including phenoxy) is 1. The molecule has 1 aromatic carbocycles. The van der Waals surface area contributed by atoms with E-state index in [9.17, 15) is 4.79 Å². The maximum absolute atomic E-state index is 12.2. The van der Waals surface area contributed by atoms with Gasteiger partial charge in [-0.15, -0.1) is 11.3 Å². The molecule has 1 N–H and O–H groups in total. The molecular weight excluding hydrogens is 358 g/mol. The van der Waals surface area contributed by atoms with Crippen LogP contribution in [-0.2, 0) is 6.54 Å². The first-order valence-corrected chi connectivity index (χ1v) is 8.99. The third-order valence-corrected chi connectivity index (χ3v) is 4.56. The zero-order valence-corrected chi connectivity index (χ0v) is 15.1. The molecule has 3 rings (SSSR count). The second kappa shape index (κ2) is 8.09. The molecule has 0 atom stereocenters. The van der Waals surface area contributed by atoms with Crippen molar-refractivity contribution in [2.24, 2.45) is 0 Å². The number of benzene rings is 1. The molecule has 0 radical (unpaired) electrons. The molecule has 0 saturated carbocycles. The number of rotatable bonds is 6. The number of hydrogen-bond acceptors (Lipinski definition) is 5. The first-order valence-electron chi connectivity index (χ1n) is 7.73. The number of hydrogen-bond donors (Lipinski definition) is 1. The summed E-state index contributed by atoms with van der Waals surface area (Å²) in [6.45, 7) is 2.85. The number of carbonyl (C=O) groups is 1. The lowest BCUT2D eigenvalue weighted by Crippen LogP contribution is -2.23. The summed E-state index contributed by atoms with van der Waals surface area (Å²) in [5.41, 5.74) is 1.93. The van der Waals surface area contributed by atoms with Crippen LogP contribution in [0.2, 0.25) is 5.02 Å². The molecule has 0 aliphatic carbocycles. The van der Waals surface area contributed by atoms with E-state index >= 15 is 0 Å². The number of nitrogens with zero attached hydrogens (tertiary/aromatic N) is 2. The van der Waals surface area contributed by atoms with Crippen LogP contribution >= 0.6 is 22.9 Å². The zero-order chi connectivity index (χ0) is 17.6. The lowest BCUT2D eigenvalue weighted by molar-refractivity contribution is 0.0946. The maximum Gasteiger partial charge on any atom is 0.271 e. The second-order valence-corrected chi connectivity index (χ2v) is 6.38. The van der Waals surface area contributed by atoms with Gasteiger partial charge in [0.2, 0.25) is 0 Å². The topological polar surface area (TPSA) is 64.1 Å². The fraction of sp³-hybridized carbons (Fsp3) is 0.167. The normalized spacial score (nSPS) is 10.5. The Kier molecular flexibility index (Phi) is 5.63. The molecule has 2 aromatic heterocycles. The van der Waals surface area contributed by atoms with Crippen molar-refractivity contribution in [3.8, 4) is 16.3 Å². The number of thiazole rings is 1. The molecule has 0 fully saturated rings. The second-order valence-electron chi connectivity index (χ2n) is 5.12. The number of nitrogens with one attached hydrogen (secondary N) is 1. The highest BCUT2D eigenvalue weighted by molar-refractivity contribution is 7.13. The molecule has 5 nitrogen and oxygen atoms in total. The molecule has 0 spiro atoms. The van der Waals surface area contributed by atoms with Crippen LogP contribution in [0.3, 0.4) is 0 Å². The van der Waals surface area contributed by atoms with Gasteiger partial charge in [-0.1, -0.05) is 17.7 Å². The van der Waals surface area contributed by atoms with Crippen LogP contribution in [0.4, 0.5) is 0 Å². The van der Waals surface area contributed by atoms with Crippen molar-refractivity contribution in [3.05, 3.63) is 64.4 Å². The predicted octanol–water partition coefficient (Wildman–Crippen LogP) is 4.19. The highest BCUT2D eigenvalue weighted by Crippen LogP contribution is 2.33. The molecule has 25 heavy (non-hydrogen) atoms. The van der Waals surface area contributed by atoms with Crippen LogP contribution in [0.25, 0.3) is 10.6 Å². The minimum Gasteiger partial charge on any atom is -0.494 e. The molecule has 7 heteroatoms. The highest BCUT2D eigenvalue weighted by Gasteiger charge is 2.14. The molecule has 128 valence electrons. The standard InChI is InChI=1S/C18H16ClN3O2S/c1-2-24-13-6-7-14(15(19)9-13)18-22-16(11-25-18)17(23)21-10-12-5-3-4-8-20-12/h3-9,11H,2,10H2,1H3,(H,21,23). The van der Waals surface area contributed by atoms with E-state index in [1.807, 2.05) is 37.3 Å². The van der Waals surface area contributed by atoms with Gasteiger partial charge in [0.1, 0.15) is 16.5 Å². The van der Waals surface area contributed by atoms with Crippen LogP contribution in [0.1, 0.15) is 23.1 Å². The van der Waals surface area contributed by atoms with E-state index < -0.39 is 0 Å². The van der Waals surface area contributed by atoms with Crippen LogP contribution in [0, 0.1) is 0 Å². The smallest absolute Gasteiger partial charge is 0.271 e. The van der Waals surface area contributed by atoms with Crippen LogP contribution in [0.15, 0.2) is 48.0 Å². The van der Waals surface area contributed by atoms with Crippen molar-refractivity contribution in [3.63, 3.8) is 0 Å². The van der Waals surface area contributed by atoms with Gasteiger partial charge < -0.3 is 10.1 Å². The summed E-state index contributed by atoms with van der Waals surface area (Å²) in [6.07, 6.45) is 1.69. The summed E-state index contributed by atoms with van der Waals surface area (Å²) < 4.78 is 5.42. The number of amides is 1. The Morgan fingerprint density at radius 1 is 1.32 bits per heavy atom. The molecule has 0 aliphatic heterocycles. The predicted molar refractivity (Wildman–Crippen MR) is 99.1 cm³/mol. The monoisotopic (exact) mass is 373 g/mol. The van der Waals surface area contributed by atoms with Crippen LogP contribution in [-0.4, -0.2) is 22.5 Å². The Labute approximate surface area is 154 Å². The third kappa shape index (κ3) is 4.35. The van der Waals surface area contributed by atoms with E-state index in [0.29, 0.717) is 34.6 Å². The van der Waals surface area contributed by atoms with Crippen molar-refractivity contribution in [1.29, 1.82) is 0 Å². The van der Waals surface area contributed by atoms with Gasteiger partial charge in [0.25, 0.3) is 5.91 Å². The lowest BCUT2D eigenvalue weighted by atomic mass is 10.2. The van der Waals surface area contributed by atoms with E-state index in [-0.39, 0.29) is 5.91 Å². The van der Waals surface area contributed by atoms with Gasteiger partial charge in [0, 0.05) is 17.1 Å². The van der Waals surface area contributed by atoms with Gasteiger partial charge in [-0.25, -0.2) is 4.98 Å². The van der Waals surface area contributed by atoms with Crippen LogP contribution in [0.5, 0.6) is 5.75 Å². The van der Waals surface area contributed by atoms with Crippen molar-refractivity contribution < 1.29 is 9.53 Å². The minimum atomic E-state index is -0.241. The summed E-state index contributed by atoms with van der Waals surface area (Å²) in [6, 6.07) is 11.0. The Morgan fingerprint density at radius 3 is 2.92 bits per heavy atom.